The van der Waals surface area contributed by atoms with E-state index in [1.165, 1.54) is 28.1 Å². The predicted molar refractivity (Wildman–Crippen MR) is 348 cm³/mol. The number of aldehydes is 1. The molecule has 8 aromatic heterocycles. The molecule has 4 saturated heterocycles. The maximum absolute atomic E-state index is 12.4. The standard InChI is InChI=1S/C22H29N11O7.C22H43N7O4Si2.C11H13N5O4/c23-21-28-16-13(18(37)30-21)26-6-32(16)11-4-8(35)9(39-11)2-1-3-25-12-10(5-34)40-20(15(12)36)33-7-27-14-17(33)29-22(24)31-19(14)38;1-21(2,3)34(7,8)31-11-13-14(28-24)16(33-35(9,10)22(4,5)6)19(32-13)29-12-25-15-17(29)26-20(23)27-18(15)30;12-11-14-9-8(10(19)15-11)13-4-16(9)7-3-5(18)6(20-7)1-2-17/h6-12,15,20,25,34-36H,1-5H2,(H3,23,28,30,37)(H3,24,29,31,38);12-14,16,19,28H,11,24H2,1-10H3,(H3,23,26,27,30);2,4-7,18H,1,3H2,(H3,12,14,15,19)/t8-,9+,10+,11+,12+,15+,20+;13-,14-,16-,19-;5-,6+,7+/m010/s1. The van der Waals surface area contributed by atoms with Crippen molar-refractivity contribution < 1.29 is 53.0 Å². The van der Waals surface area contributed by atoms with E-state index in [0.717, 1.165) is 0 Å². The molecule has 0 amide bonds. The number of anilines is 4. The Balaban J connectivity index is 0.000000163. The highest BCUT2D eigenvalue weighted by atomic mass is 28.4. The number of aliphatic hydroxyl groups is 4. The molecule has 4 aliphatic rings. The summed E-state index contributed by atoms with van der Waals surface area (Å²) in [4.78, 5) is 101. The lowest BCUT2D eigenvalue weighted by Crippen LogP contribution is -2.55. The summed E-state index contributed by atoms with van der Waals surface area (Å²) in [5, 5.41) is 44.6. The van der Waals surface area contributed by atoms with Gasteiger partial charge in [0.25, 0.3) is 22.2 Å². The second-order valence-electron chi connectivity index (χ2n) is 26.9. The largest absolute Gasteiger partial charge is 0.414 e. The number of hydrogen-bond acceptors (Lipinski definition) is 30. The monoisotopic (exact) mass is 1360 g/mol. The molecular weight excluding hydrogens is 1280 g/mol. The fraction of sp³-hybridized carbons (Fsp3) is 0.618. The summed E-state index contributed by atoms with van der Waals surface area (Å²) in [7, 11) is -4.28. The van der Waals surface area contributed by atoms with E-state index >= 15 is 0 Å². The van der Waals surface area contributed by atoms with Crippen molar-refractivity contribution in [1.82, 2.24) is 88.8 Å². The molecule has 0 aliphatic carbocycles. The summed E-state index contributed by atoms with van der Waals surface area (Å²) in [6.07, 6.45) is 0.210. The van der Waals surface area contributed by atoms with Crippen molar-refractivity contribution in [2.45, 2.75) is 196 Å². The minimum atomic E-state index is -2.25. The first kappa shape index (κ1) is 70.0. The molecule has 0 spiro atoms. The number of imidazole rings is 4. The van der Waals surface area contributed by atoms with E-state index in [9.17, 15) is 44.4 Å². The number of nitrogens with zero attached hydrogens (tertiary/aromatic N) is 12. The van der Waals surface area contributed by atoms with Crippen molar-refractivity contribution in [3.05, 3.63) is 66.7 Å². The Morgan fingerprint density at radius 2 is 1.01 bits per heavy atom. The topological polar surface area (TPSA) is 562 Å². The number of hydrazine groups is 1. The summed E-state index contributed by atoms with van der Waals surface area (Å²) in [6, 6.07) is -0.989. The van der Waals surface area contributed by atoms with Gasteiger partial charge in [-0.3, -0.25) is 68.7 Å². The van der Waals surface area contributed by atoms with Crippen LogP contribution in [-0.2, 0) is 32.6 Å². The fourth-order valence-electron chi connectivity index (χ4n) is 11.3. The van der Waals surface area contributed by atoms with Crippen molar-refractivity contribution in [2.75, 3.05) is 42.7 Å². The smallest absolute Gasteiger partial charge is 0.280 e. The number of rotatable bonds is 18. The molecular formula is C55H85N23O15Si2. The van der Waals surface area contributed by atoms with E-state index in [4.69, 9.17) is 56.6 Å². The van der Waals surface area contributed by atoms with Crippen molar-refractivity contribution in [2.24, 2.45) is 5.84 Å². The average molecular weight is 1360 g/mol. The van der Waals surface area contributed by atoms with Crippen LogP contribution in [-0.4, -0.2) is 202 Å². The minimum absolute atomic E-state index is 0.00965. The average Bonchev–Trinajstić information content (AvgIpc) is 1.46. The van der Waals surface area contributed by atoms with Gasteiger partial charge in [0.05, 0.1) is 75.0 Å². The summed E-state index contributed by atoms with van der Waals surface area (Å²) >= 11 is 0. The molecule has 38 nitrogen and oxygen atoms in total. The molecule has 4 fully saturated rings. The molecule has 20 N–H and O–H groups in total. The molecule has 0 saturated carbocycles. The van der Waals surface area contributed by atoms with Gasteiger partial charge in [0.15, 0.2) is 73.7 Å². The van der Waals surface area contributed by atoms with E-state index in [1.54, 1.807) is 15.5 Å². The Kier molecular flexibility index (Phi) is 20.2. The zero-order chi connectivity index (χ0) is 69.0. The van der Waals surface area contributed by atoms with Gasteiger partial charge >= 0.3 is 0 Å². The van der Waals surface area contributed by atoms with Crippen molar-refractivity contribution in [3.63, 3.8) is 0 Å². The summed E-state index contributed by atoms with van der Waals surface area (Å²) in [5.41, 5.74) is 25.4. The van der Waals surface area contributed by atoms with E-state index in [0.29, 0.717) is 44.3 Å². The second-order valence-corrected chi connectivity index (χ2v) is 36.5. The molecule has 0 aromatic carbocycles. The second kappa shape index (κ2) is 27.4. The van der Waals surface area contributed by atoms with Gasteiger partial charge in [0.2, 0.25) is 23.8 Å². The third kappa shape index (κ3) is 14.2. The Morgan fingerprint density at radius 3 is 1.44 bits per heavy atom. The Labute approximate surface area is 542 Å². The van der Waals surface area contributed by atoms with Crippen LogP contribution in [0.5, 0.6) is 0 Å². The van der Waals surface area contributed by atoms with Gasteiger partial charge in [-0.2, -0.15) is 19.9 Å². The number of ether oxygens (including phenoxy) is 4. The number of carbonyl (C=O) groups is 1. The number of aromatic amines is 4. The molecule has 518 valence electrons. The van der Waals surface area contributed by atoms with Crippen LogP contribution < -0.4 is 61.8 Å². The van der Waals surface area contributed by atoms with Gasteiger partial charge in [-0.1, -0.05) is 41.5 Å². The summed E-state index contributed by atoms with van der Waals surface area (Å²) in [6.45, 7) is 22.3. The van der Waals surface area contributed by atoms with Crippen LogP contribution in [0.3, 0.4) is 0 Å². The normalized spacial score (nSPS) is 26.6. The van der Waals surface area contributed by atoms with Gasteiger partial charge in [0.1, 0.15) is 43.2 Å². The zero-order valence-electron chi connectivity index (χ0n) is 54.2. The van der Waals surface area contributed by atoms with Gasteiger partial charge in [-0.05, 0) is 55.7 Å². The summed E-state index contributed by atoms with van der Waals surface area (Å²) < 4.78 is 43.7. The van der Waals surface area contributed by atoms with Crippen LogP contribution in [0.25, 0.3) is 44.7 Å². The number of nitrogens with two attached hydrogens (primary N) is 5. The molecule has 4 aliphatic heterocycles. The van der Waals surface area contributed by atoms with Crippen LogP contribution in [0.4, 0.5) is 23.8 Å². The molecule has 95 heavy (non-hydrogen) atoms. The van der Waals surface area contributed by atoms with Crippen molar-refractivity contribution in [1.29, 1.82) is 0 Å². The number of nitrogens with one attached hydrogen (secondary N) is 6. The SMILES string of the molecule is CC(C)(C)[Si](C)(C)OC[C@H]1O[C@@H](n2cnc3c(=O)[nH]c(N)nc32)[C@H](O[Si](C)(C)C(C)(C)C)[C@@H]1NN.Nc1nc2c(ncn2[C@@H]2O[C@H](CO)[C@@H](NCCC[C@H]3O[C@@H](n4cnc5c(=O)[nH]c(N)nc54)C[C@@H]3O)[C@H]2O)c(=O)[nH]1.Nc1nc2c(ncn2[C@H]2C[C@H](O)[C@@H](CC=O)O2)c(=O)[nH]1. The van der Waals surface area contributed by atoms with Crippen LogP contribution in [0, 0.1) is 0 Å². The lowest BCUT2D eigenvalue weighted by molar-refractivity contribution is -0.112. The molecule has 14 atom stereocenters. The van der Waals surface area contributed by atoms with E-state index in [-0.39, 0.29) is 104 Å². The Hall–Kier alpha value is -7.82. The molecule has 0 radical (unpaired) electrons. The molecule has 12 rings (SSSR count). The van der Waals surface area contributed by atoms with E-state index in [1.807, 2.05) is 0 Å². The van der Waals surface area contributed by atoms with Crippen LogP contribution in [0.1, 0.15) is 98.6 Å². The van der Waals surface area contributed by atoms with Gasteiger partial charge in [-0.15, -0.1) is 0 Å². The molecule has 12 heterocycles. The first-order valence-electron chi connectivity index (χ1n) is 30.9. The molecule has 0 bridgehead atoms. The van der Waals surface area contributed by atoms with Crippen molar-refractivity contribution in [3.8, 4) is 0 Å². The van der Waals surface area contributed by atoms with E-state index < -0.39 is 113 Å². The van der Waals surface area contributed by atoms with Crippen molar-refractivity contribution >= 4 is 91.4 Å². The lowest BCUT2D eigenvalue weighted by atomic mass is 10.1. The maximum Gasteiger partial charge on any atom is 0.280 e. The number of nitrogen functional groups attached to an aromatic ring is 4. The zero-order valence-corrected chi connectivity index (χ0v) is 56.2. The van der Waals surface area contributed by atoms with Gasteiger partial charge < -0.3 is 81.3 Å². The molecule has 0 unspecified atom stereocenters. The number of H-pyrrole nitrogens is 4. The quantitative estimate of drug-likeness (QED) is 0.0158. The number of carbonyl (C=O) groups excluding carboxylic acids is 1. The van der Waals surface area contributed by atoms with Crippen LogP contribution >= 0.6 is 0 Å². The lowest BCUT2D eigenvalue weighted by Gasteiger charge is -2.41. The Morgan fingerprint density at radius 1 is 0.600 bits per heavy atom. The highest BCUT2D eigenvalue weighted by Crippen LogP contribution is 2.44. The molecule has 40 heteroatoms. The number of hydrogen-bond donors (Lipinski definition) is 15. The number of fused-ring (bicyclic) bond motifs is 4. The molecule has 8 aromatic rings. The highest BCUT2D eigenvalue weighted by molar-refractivity contribution is 6.74. The Bertz CT molecular complexity index is 4290. The number of aliphatic hydroxyl groups excluding tert-OH is 4. The first-order chi connectivity index (χ1) is 44.7. The third-order valence-electron chi connectivity index (χ3n) is 18.5. The minimum Gasteiger partial charge on any atom is -0.414 e. The fourth-order valence-corrected chi connectivity index (χ4v) is 13.6. The van der Waals surface area contributed by atoms with Gasteiger partial charge in [0, 0.05) is 19.3 Å². The van der Waals surface area contributed by atoms with Crippen LogP contribution in [0.2, 0.25) is 36.3 Å². The van der Waals surface area contributed by atoms with Gasteiger partial charge in [-0.25, -0.2) is 19.9 Å². The first-order valence-corrected chi connectivity index (χ1v) is 36.7. The maximum atomic E-state index is 12.4. The highest BCUT2D eigenvalue weighted by Gasteiger charge is 2.52. The predicted octanol–water partition coefficient (Wildman–Crippen LogP) is -1.16. The number of aromatic nitrogens is 16. The summed E-state index contributed by atoms with van der Waals surface area (Å²) in [5.74, 6) is 5.93. The van der Waals surface area contributed by atoms with E-state index in [2.05, 4.69) is 138 Å². The van der Waals surface area contributed by atoms with Crippen LogP contribution in [0.15, 0.2) is 44.5 Å². The third-order valence-corrected chi connectivity index (χ3v) is 27.5.